The first-order valence-corrected chi connectivity index (χ1v) is 8.93. The minimum absolute atomic E-state index is 0.0292. The molecule has 29 heavy (non-hydrogen) atoms. The second-order valence-electron chi connectivity index (χ2n) is 6.34. The van der Waals surface area contributed by atoms with Crippen LogP contribution in [0.3, 0.4) is 0 Å². The third-order valence-corrected chi connectivity index (χ3v) is 4.42. The van der Waals surface area contributed by atoms with Gasteiger partial charge in [0.05, 0.1) is 5.56 Å². The molecule has 0 heterocycles. The fraction of sp³-hybridized carbons (Fsp3) is 0.136. The lowest BCUT2D eigenvalue weighted by atomic mass is 10.0. The van der Waals surface area contributed by atoms with Crippen LogP contribution in [0.15, 0.2) is 60.7 Å². The Hall–Kier alpha value is -3.74. The molecule has 0 bridgehead atoms. The maximum atomic E-state index is 13.2. The number of amides is 2. The summed E-state index contributed by atoms with van der Waals surface area (Å²) in [7, 11) is 0. The summed E-state index contributed by atoms with van der Waals surface area (Å²) in [4.78, 5) is 36.8. The van der Waals surface area contributed by atoms with Gasteiger partial charge in [-0.2, -0.15) is 0 Å². The van der Waals surface area contributed by atoms with Crippen LogP contribution in [0, 0.1) is 5.82 Å². The van der Waals surface area contributed by atoms with Crippen molar-refractivity contribution in [2.24, 2.45) is 5.73 Å². The van der Waals surface area contributed by atoms with Crippen molar-refractivity contribution in [3.05, 3.63) is 72.0 Å². The Bertz CT molecular complexity index is 1050. The predicted molar refractivity (Wildman–Crippen MR) is 107 cm³/mol. The van der Waals surface area contributed by atoms with Gasteiger partial charge in [0, 0.05) is 18.7 Å². The van der Waals surface area contributed by atoms with Gasteiger partial charge in [-0.05, 0) is 41.1 Å². The van der Waals surface area contributed by atoms with Crippen LogP contribution in [0.25, 0.3) is 10.8 Å². The Morgan fingerprint density at radius 1 is 1.03 bits per heavy atom. The molecule has 2 N–H and O–H groups in total. The number of rotatable bonds is 8. The molecule has 3 rings (SSSR count). The first-order valence-electron chi connectivity index (χ1n) is 8.93. The summed E-state index contributed by atoms with van der Waals surface area (Å²) >= 11 is 0. The maximum Gasteiger partial charge on any atom is 0.264 e. The Balaban J connectivity index is 1.81. The van der Waals surface area contributed by atoms with Crippen LogP contribution in [0.5, 0.6) is 5.75 Å². The number of halogens is 1. The number of benzene rings is 3. The van der Waals surface area contributed by atoms with Crippen LogP contribution >= 0.6 is 0 Å². The molecule has 0 aromatic heterocycles. The van der Waals surface area contributed by atoms with Gasteiger partial charge >= 0.3 is 0 Å². The Morgan fingerprint density at radius 2 is 1.76 bits per heavy atom. The average molecular weight is 394 g/mol. The van der Waals surface area contributed by atoms with Crippen LogP contribution in [-0.2, 0) is 9.59 Å². The normalized spacial score (nSPS) is 10.5. The second-order valence-corrected chi connectivity index (χ2v) is 6.34. The van der Waals surface area contributed by atoms with E-state index in [9.17, 15) is 18.8 Å². The molecule has 7 heteroatoms. The highest BCUT2D eigenvalue weighted by molar-refractivity contribution is 6.01. The lowest BCUT2D eigenvalue weighted by molar-refractivity contribution is -0.120. The third-order valence-electron chi connectivity index (χ3n) is 4.42. The van der Waals surface area contributed by atoms with Gasteiger partial charge in [-0.1, -0.05) is 30.3 Å². The largest absolute Gasteiger partial charge is 0.483 e. The van der Waals surface area contributed by atoms with Gasteiger partial charge in [0.1, 0.15) is 11.6 Å². The van der Waals surface area contributed by atoms with Crippen molar-refractivity contribution in [2.75, 3.05) is 18.1 Å². The standard InChI is InChI=1S/C22H19FN2O4/c23-16-6-8-17(9-7-16)25(12-11-21(24)27)22(28)14-29-20-10-5-15-3-1-2-4-18(15)19(20)13-26/h1-10,13H,11-12,14H2,(H2,24,27). The molecule has 0 unspecified atom stereocenters. The first-order chi connectivity index (χ1) is 14.0. The lowest BCUT2D eigenvalue weighted by Gasteiger charge is -2.22. The molecule has 0 spiro atoms. The van der Waals surface area contributed by atoms with E-state index in [0.29, 0.717) is 17.5 Å². The Morgan fingerprint density at radius 3 is 2.45 bits per heavy atom. The topological polar surface area (TPSA) is 89.7 Å². The highest BCUT2D eigenvalue weighted by atomic mass is 19.1. The second kappa shape index (κ2) is 8.97. The minimum Gasteiger partial charge on any atom is -0.483 e. The summed E-state index contributed by atoms with van der Waals surface area (Å²) in [6.07, 6.45) is 0.631. The monoisotopic (exact) mass is 394 g/mol. The van der Waals surface area contributed by atoms with Crippen LogP contribution in [0.4, 0.5) is 10.1 Å². The molecule has 0 aliphatic carbocycles. The van der Waals surface area contributed by atoms with E-state index in [4.69, 9.17) is 10.5 Å². The summed E-state index contributed by atoms with van der Waals surface area (Å²) < 4.78 is 18.8. The molecule has 0 aliphatic heterocycles. The molecule has 0 saturated carbocycles. The number of anilines is 1. The molecule has 0 saturated heterocycles. The van der Waals surface area contributed by atoms with Crippen molar-refractivity contribution in [3.8, 4) is 5.75 Å². The van der Waals surface area contributed by atoms with Crippen LogP contribution < -0.4 is 15.4 Å². The molecule has 0 radical (unpaired) electrons. The van der Waals surface area contributed by atoms with Crippen LogP contribution in [-0.4, -0.2) is 31.3 Å². The smallest absolute Gasteiger partial charge is 0.264 e. The van der Waals surface area contributed by atoms with E-state index in [0.717, 1.165) is 10.8 Å². The zero-order valence-electron chi connectivity index (χ0n) is 15.5. The molecule has 6 nitrogen and oxygen atoms in total. The number of aldehydes is 1. The van der Waals surface area contributed by atoms with Crippen LogP contribution in [0.2, 0.25) is 0 Å². The van der Waals surface area contributed by atoms with E-state index in [1.54, 1.807) is 18.2 Å². The van der Waals surface area contributed by atoms with E-state index < -0.39 is 17.6 Å². The van der Waals surface area contributed by atoms with E-state index >= 15 is 0 Å². The third kappa shape index (κ3) is 4.76. The van der Waals surface area contributed by atoms with E-state index in [1.807, 2.05) is 18.2 Å². The molecule has 3 aromatic rings. The van der Waals surface area contributed by atoms with Crippen molar-refractivity contribution in [3.63, 3.8) is 0 Å². The summed E-state index contributed by atoms with van der Waals surface area (Å²) in [6.45, 7) is -0.337. The molecule has 148 valence electrons. The van der Waals surface area contributed by atoms with Gasteiger partial charge in [0.15, 0.2) is 12.9 Å². The molecule has 0 aliphatic rings. The Kier molecular flexibility index (Phi) is 6.19. The zero-order valence-corrected chi connectivity index (χ0v) is 15.5. The molecule has 0 atom stereocenters. The summed E-state index contributed by atoms with van der Waals surface area (Å²) in [5, 5.41) is 1.60. The van der Waals surface area contributed by atoms with Gasteiger partial charge in [-0.3, -0.25) is 14.4 Å². The quantitative estimate of drug-likeness (QED) is 0.595. The zero-order chi connectivity index (χ0) is 20.8. The predicted octanol–water partition coefficient (Wildman–Crippen LogP) is 3.08. The first kappa shape index (κ1) is 20.0. The summed E-state index contributed by atoms with van der Waals surface area (Å²) in [5.74, 6) is -1.19. The summed E-state index contributed by atoms with van der Waals surface area (Å²) in [5.41, 5.74) is 5.95. The van der Waals surface area contributed by atoms with Gasteiger partial charge in [-0.15, -0.1) is 0 Å². The van der Waals surface area contributed by atoms with E-state index in [2.05, 4.69) is 0 Å². The Labute approximate surface area is 166 Å². The lowest BCUT2D eigenvalue weighted by Crippen LogP contribution is -2.37. The van der Waals surface area contributed by atoms with Gasteiger partial charge in [-0.25, -0.2) is 4.39 Å². The number of primary amides is 1. The molecular formula is C22H19FN2O4. The van der Waals surface area contributed by atoms with Gasteiger partial charge in [0.2, 0.25) is 5.91 Å². The van der Waals surface area contributed by atoms with E-state index in [1.165, 1.54) is 29.2 Å². The summed E-state index contributed by atoms with van der Waals surface area (Å²) in [6, 6.07) is 16.1. The number of carbonyl (C=O) groups excluding carboxylic acids is 3. The number of nitrogens with zero attached hydrogens (tertiary/aromatic N) is 1. The minimum atomic E-state index is -0.566. The average Bonchev–Trinajstić information content (AvgIpc) is 2.72. The maximum absolute atomic E-state index is 13.2. The van der Waals surface area contributed by atoms with Crippen molar-refractivity contribution in [1.82, 2.24) is 0 Å². The highest BCUT2D eigenvalue weighted by Gasteiger charge is 2.18. The van der Waals surface area contributed by atoms with Crippen molar-refractivity contribution in [1.29, 1.82) is 0 Å². The number of hydrogen-bond donors (Lipinski definition) is 1. The van der Waals surface area contributed by atoms with Crippen molar-refractivity contribution < 1.29 is 23.5 Å². The van der Waals surface area contributed by atoms with E-state index in [-0.39, 0.29) is 25.3 Å². The van der Waals surface area contributed by atoms with Gasteiger partial charge in [0.25, 0.3) is 5.91 Å². The number of nitrogens with two attached hydrogens (primary N) is 1. The molecule has 3 aromatic carbocycles. The fourth-order valence-corrected chi connectivity index (χ4v) is 2.98. The van der Waals surface area contributed by atoms with Crippen molar-refractivity contribution >= 4 is 34.6 Å². The number of ether oxygens (including phenoxy) is 1. The molecule has 2 amide bonds. The molecular weight excluding hydrogens is 375 g/mol. The highest BCUT2D eigenvalue weighted by Crippen LogP contribution is 2.27. The number of hydrogen-bond acceptors (Lipinski definition) is 4. The number of carbonyl (C=O) groups is 3. The van der Waals surface area contributed by atoms with Crippen LogP contribution in [0.1, 0.15) is 16.8 Å². The number of fused-ring (bicyclic) bond motifs is 1. The van der Waals surface area contributed by atoms with Gasteiger partial charge < -0.3 is 15.4 Å². The molecule has 0 fully saturated rings. The van der Waals surface area contributed by atoms with Crippen molar-refractivity contribution in [2.45, 2.75) is 6.42 Å². The fourth-order valence-electron chi connectivity index (χ4n) is 2.98. The SMILES string of the molecule is NC(=O)CCN(C(=O)COc1ccc2ccccc2c1C=O)c1ccc(F)cc1.